The highest BCUT2D eigenvalue weighted by Gasteiger charge is 2.24. The quantitative estimate of drug-likeness (QED) is 0.413. The molecule has 1 aliphatic rings. The van der Waals surface area contributed by atoms with Crippen LogP contribution in [0, 0.1) is 5.95 Å². The lowest BCUT2D eigenvalue weighted by Gasteiger charge is -2.10. The minimum atomic E-state index is -0.692. The Morgan fingerprint density at radius 3 is 2.94 bits per heavy atom. The molecule has 3 N–H and O–H groups in total. The van der Waals surface area contributed by atoms with E-state index in [1.54, 1.807) is 13.0 Å². The number of rotatable bonds is 4. The van der Waals surface area contributed by atoms with Gasteiger partial charge in [0.2, 0.25) is 5.95 Å². The van der Waals surface area contributed by atoms with Crippen LogP contribution in [0.4, 0.5) is 21.7 Å². The predicted molar refractivity (Wildman–Crippen MR) is 119 cm³/mol. The van der Waals surface area contributed by atoms with Gasteiger partial charge in [-0.05, 0) is 38.1 Å². The molecule has 31 heavy (non-hydrogen) atoms. The van der Waals surface area contributed by atoms with Crippen LogP contribution in [0.1, 0.15) is 23.5 Å². The van der Waals surface area contributed by atoms with Gasteiger partial charge >= 0.3 is 6.01 Å². The van der Waals surface area contributed by atoms with Crippen molar-refractivity contribution in [2.75, 3.05) is 23.8 Å². The van der Waals surface area contributed by atoms with E-state index in [0.717, 1.165) is 26.7 Å². The van der Waals surface area contributed by atoms with E-state index in [0.29, 0.717) is 23.8 Å². The number of carbonyl (C=O) groups excluding carboxylic acids is 1. The normalized spacial score (nSPS) is 15.8. The number of benzene rings is 1. The largest absolute Gasteiger partial charge is 0.464 e. The molecule has 1 amide bonds. The van der Waals surface area contributed by atoms with Crippen molar-refractivity contribution in [3.05, 3.63) is 41.2 Å². The predicted octanol–water partition coefficient (Wildman–Crippen LogP) is 4.06. The van der Waals surface area contributed by atoms with Gasteiger partial charge in [-0.3, -0.25) is 4.79 Å². The second kappa shape index (κ2) is 7.62. The zero-order valence-electron chi connectivity index (χ0n) is 16.8. The first-order valence-corrected chi connectivity index (χ1v) is 10.7. The number of fused-ring (bicyclic) bond motifs is 5. The van der Waals surface area contributed by atoms with Crippen LogP contribution in [0.15, 0.2) is 30.3 Å². The Morgan fingerprint density at radius 2 is 2.10 bits per heavy atom. The Kier molecular flexibility index (Phi) is 4.78. The molecule has 8 nitrogen and oxygen atoms in total. The monoisotopic (exact) mass is 438 g/mol. The van der Waals surface area contributed by atoms with Crippen LogP contribution >= 0.6 is 11.3 Å². The molecule has 0 aliphatic carbocycles. The molecule has 0 spiro atoms. The number of aromatic nitrogens is 3. The molecule has 3 aromatic heterocycles. The molecule has 1 aromatic carbocycles. The van der Waals surface area contributed by atoms with Gasteiger partial charge in [0.1, 0.15) is 16.5 Å². The molecule has 0 saturated heterocycles. The van der Waals surface area contributed by atoms with Crippen molar-refractivity contribution in [1.29, 1.82) is 0 Å². The highest BCUT2D eigenvalue weighted by atomic mass is 32.1. The van der Waals surface area contributed by atoms with E-state index >= 15 is 0 Å². The van der Waals surface area contributed by atoms with Gasteiger partial charge in [-0.25, -0.2) is 4.98 Å². The van der Waals surface area contributed by atoms with Crippen LogP contribution in [0.3, 0.4) is 0 Å². The van der Waals surface area contributed by atoms with Gasteiger partial charge in [-0.15, -0.1) is 11.3 Å². The Labute approximate surface area is 180 Å². The van der Waals surface area contributed by atoms with Crippen LogP contribution in [-0.2, 0) is 0 Å². The van der Waals surface area contributed by atoms with Crippen molar-refractivity contribution < 1.29 is 13.9 Å². The highest BCUT2D eigenvalue weighted by molar-refractivity contribution is 7.21. The summed E-state index contributed by atoms with van der Waals surface area (Å²) >= 11 is 1.46. The van der Waals surface area contributed by atoms with Gasteiger partial charge in [-0.1, -0.05) is 0 Å². The van der Waals surface area contributed by atoms with Crippen molar-refractivity contribution in [2.24, 2.45) is 0 Å². The third kappa shape index (κ3) is 3.59. The number of pyridine rings is 1. The fraction of sp³-hybridized carbons (Fsp3) is 0.238. The standard InChI is InChI=1S/C21H19FN6O2S/c1-3-30-21-26-14(22)8-16(28-21)27-15-7-4-11-12(25-15)5-6-13-17(11)18-19(31-13)20(29)24-10(2)9-23-18/h4-8,10,23H,3,9H2,1-2H3,(H,24,29)(H,25,26,27,28)/t10-/m1/s1. The van der Waals surface area contributed by atoms with E-state index in [9.17, 15) is 9.18 Å². The van der Waals surface area contributed by atoms with Gasteiger partial charge in [0.15, 0.2) is 0 Å². The zero-order chi connectivity index (χ0) is 21.5. The number of anilines is 3. The number of ether oxygens (including phenoxy) is 1. The van der Waals surface area contributed by atoms with Gasteiger partial charge in [0.25, 0.3) is 5.91 Å². The number of hydrogen-bond donors (Lipinski definition) is 3. The molecule has 0 saturated carbocycles. The summed E-state index contributed by atoms with van der Waals surface area (Å²) in [6, 6.07) is 8.79. The maximum Gasteiger partial charge on any atom is 0.321 e. The summed E-state index contributed by atoms with van der Waals surface area (Å²) in [5.41, 5.74) is 1.59. The van der Waals surface area contributed by atoms with Crippen LogP contribution in [0.5, 0.6) is 6.01 Å². The van der Waals surface area contributed by atoms with Crippen molar-refractivity contribution in [3.63, 3.8) is 0 Å². The Morgan fingerprint density at radius 1 is 1.23 bits per heavy atom. The van der Waals surface area contributed by atoms with Gasteiger partial charge in [-0.2, -0.15) is 14.4 Å². The Balaban J connectivity index is 1.55. The lowest BCUT2D eigenvalue weighted by atomic mass is 10.1. The lowest BCUT2D eigenvalue weighted by Crippen LogP contribution is -2.34. The van der Waals surface area contributed by atoms with Crippen LogP contribution < -0.4 is 20.7 Å². The van der Waals surface area contributed by atoms with Crippen LogP contribution in [0.25, 0.3) is 21.0 Å². The number of thiophene rings is 1. The fourth-order valence-electron chi connectivity index (χ4n) is 3.58. The second-order valence-corrected chi connectivity index (χ2v) is 8.23. The van der Waals surface area contributed by atoms with E-state index in [2.05, 4.69) is 30.9 Å². The average molecular weight is 438 g/mol. The molecule has 0 fully saturated rings. The molecular formula is C21H19FN6O2S. The van der Waals surface area contributed by atoms with Crippen molar-refractivity contribution in [3.8, 4) is 6.01 Å². The van der Waals surface area contributed by atoms with Crippen LogP contribution in [-0.4, -0.2) is 40.1 Å². The summed E-state index contributed by atoms with van der Waals surface area (Å²) < 4.78 is 20.0. The van der Waals surface area contributed by atoms with Crippen molar-refractivity contribution >= 4 is 55.6 Å². The summed E-state index contributed by atoms with van der Waals surface area (Å²) in [7, 11) is 0. The van der Waals surface area contributed by atoms with E-state index in [4.69, 9.17) is 4.74 Å². The van der Waals surface area contributed by atoms with E-state index in [1.807, 2.05) is 25.1 Å². The highest BCUT2D eigenvalue weighted by Crippen LogP contribution is 2.41. The summed E-state index contributed by atoms with van der Waals surface area (Å²) in [5, 5.41) is 11.3. The average Bonchev–Trinajstić information content (AvgIpc) is 3.04. The third-order valence-corrected chi connectivity index (χ3v) is 6.05. The zero-order valence-corrected chi connectivity index (χ0v) is 17.6. The molecule has 4 heterocycles. The molecule has 158 valence electrons. The molecule has 1 aliphatic heterocycles. The smallest absolute Gasteiger partial charge is 0.321 e. The summed E-state index contributed by atoms with van der Waals surface area (Å²) in [4.78, 5) is 25.6. The SMILES string of the molecule is CCOc1nc(F)cc(Nc2ccc3c(ccc4sc5c(c43)NC[C@@H](C)NC5=O)n2)n1. The second-order valence-electron chi connectivity index (χ2n) is 7.18. The number of carbonyl (C=O) groups is 1. The number of nitrogens with zero attached hydrogens (tertiary/aromatic N) is 3. The van der Waals surface area contributed by atoms with Gasteiger partial charge in [0.05, 0.1) is 17.8 Å². The summed E-state index contributed by atoms with van der Waals surface area (Å²) in [5.74, 6) is 0.000579. The van der Waals surface area contributed by atoms with E-state index in [-0.39, 0.29) is 23.8 Å². The lowest BCUT2D eigenvalue weighted by molar-refractivity contribution is 0.0949. The molecule has 0 bridgehead atoms. The topological polar surface area (TPSA) is 101 Å². The third-order valence-electron chi connectivity index (χ3n) is 4.89. The molecular weight excluding hydrogens is 419 g/mol. The van der Waals surface area contributed by atoms with Gasteiger partial charge < -0.3 is 20.7 Å². The Hall–Kier alpha value is -3.53. The van der Waals surface area contributed by atoms with E-state index in [1.165, 1.54) is 17.4 Å². The molecule has 10 heteroatoms. The molecule has 4 aromatic rings. The van der Waals surface area contributed by atoms with Gasteiger partial charge in [0, 0.05) is 34.1 Å². The number of nitrogens with one attached hydrogen (secondary N) is 3. The number of halogens is 1. The summed E-state index contributed by atoms with van der Waals surface area (Å²) in [6.07, 6.45) is 0. The maximum absolute atomic E-state index is 13.8. The summed E-state index contributed by atoms with van der Waals surface area (Å²) in [6.45, 7) is 4.73. The fourth-order valence-corrected chi connectivity index (χ4v) is 4.68. The molecule has 1 atom stereocenters. The van der Waals surface area contributed by atoms with Crippen LogP contribution in [0.2, 0.25) is 0 Å². The molecule has 0 radical (unpaired) electrons. The van der Waals surface area contributed by atoms with Crippen molar-refractivity contribution in [1.82, 2.24) is 20.3 Å². The maximum atomic E-state index is 13.8. The number of hydrogen-bond acceptors (Lipinski definition) is 8. The first kappa shape index (κ1) is 19.4. The number of amides is 1. The minimum Gasteiger partial charge on any atom is -0.464 e. The molecule has 0 unspecified atom stereocenters. The van der Waals surface area contributed by atoms with Crippen molar-refractivity contribution in [2.45, 2.75) is 19.9 Å². The van der Waals surface area contributed by atoms with E-state index < -0.39 is 5.95 Å². The first-order chi connectivity index (χ1) is 15.0. The Bertz CT molecular complexity index is 1320. The minimum absolute atomic E-state index is 0.0351. The first-order valence-electron chi connectivity index (χ1n) is 9.87. The molecule has 5 rings (SSSR count).